The van der Waals surface area contributed by atoms with E-state index in [0.29, 0.717) is 43.6 Å². The van der Waals surface area contributed by atoms with Crippen LogP contribution in [0.2, 0.25) is 5.02 Å². The van der Waals surface area contributed by atoms with Crippen molar-refractivity contribution in [3.8, 4) is 0 Å². The van der Waals surface area contributed by atoms with Crippen LogP contribution in [0.3, 0.4) is 0 Å². The normalized spacial score (nSPS) is 16.0. The average Bonchev–Trinajstić information content (AvgIpc) is 2.51. The zero-order valence-electron chi connectivity index (χ0n) is 13.5. The molecule has 2 amide bonds. The molecule has 2 N–H and O–H groups in total. The predicted molar refractivity (Wildman–Crippen MR) is 88.8 cm³/mol. The fourth-order valence-corrected chi connectivity index (χ4v) is 2.58. The number of benzene rings is 1. The van der Waals surface area contributed by atoms with E-state index in [1.54, 1.807) is 11.0 Å². The predicted octanol–water partition coefficient (Wildman–Crippen LogP) is -0.0396. The van der Waals surface area contributed by atoms with Crippen LogP contribution in [0, 0.1) is 6.92 Å². The van der Waals surface area contributed by atoms with Gasteiger partial charge in [-0.05, 0) is 24.6 Å². The van der Waals surface area contributed by atoms with E-state index in [4.69, 9.17) is 16.3 Å². The summed E-state index contributed by atoms with van der Waals surface area (Å²) >= 11 is 6.04. The van der Waals surface area contributed by atoms with Gasteiger partial charge in [-0.15, -0.1) is 0 Å². The number of rotatable bonds is 5. The maximum atomic E-state index is 12.1. The lowest BCUT2D eigenvalue weighted by atomic mass is 10.2. The summed E-state index contributed by atoms with van der Waals surface area (Å²) in [6.45, 7) is 4.84. The number of nitrogens with one attached hydrogen (secondary N) is 2. The van der Waals surface area contributed by atoms with Crippen LogP contribution < -0.4 is 10.2 Å². The van der Waals surface area contributed by atoms with Gasteiger partial charge in [0.2, 0.25) is 0 Å². The van der Waals surface area contributed by atoms with E-state index in [0.717, 1.165) is 10.5 Å². The van der Waals surface area contributed by atoms with E-state index < -0.39 is 0 Å². The van der Waals surface area contributed by atoms with Gasteiger partial charge in [-0.2, -0.15) is 0 Å². The minimum Gasteiger partial charge on any atom is -0.378 e. The van der Waals surface area contributed by atoms with Gasteiger partial charge in [-0.3, -0.25) is 9.59 Å². The monoisotopic (exact) mass is 340 g/mol. The second-order valence-corrected chi connectivity index (χ2v) is 6.22. The lowest BCUT2D eigenvalue weighted by Gasteiger charge is -2.27. The molecule has 1 fully saturated rings. The van der Waals surface area contributed by atoms with Gasteiger partial charge in [0.15, 0.2) is 13.1 Å². The number of carbonyl (C=O) groups excluding carboxylic acids is 2. The molecule has 23 heavy (non-hydrogen) atoms. The molecule has 2 rings (SSSR count). The van der Waals surface area contributed by atoms with Crippen LogP contribution in [0.15, 0.2) is 18.2 Å². The Hall–Kier alpha value is -1.63. The summed E-state index contributed by atoms with van der Waals surface area (Å²) < 4.78 is 5.23. The van der Waals surface area contributed by atoms with Gasteiger partial charge in [-0.1, -0.05) is 17.7 Å². The van der Waals surface area contributed by atoms with Crippen molar-refractivity contribution in [2.45, 2.75) is 6.92 Å². The van der Waals surface area contributed by atoms with Crippen molar-refractivity contribution in [2.75, 3.05) is 51.8 Å². The first kappa shape index (κ1) is 17.7. The van der Waals surface area contributed by atoms with Crippen LogP contribution in [-0.2, 0) is 14.3 Å². The van der Waals surface area contributed by atoms with Crippen LogP contribution >= 0.6 is 11.6 Å². The summed E-state index contributed by atoms with van der Waals surface area (Å²) in [7, 11) is 1.83. The molecule has 0 saturated carbocycles. The highest BCUT2D eigenvalue weighted by Gasteiger charge is 2.21. The van der Waals surface area contributed by atoms with E-state index >= 15 is 0 Å². The van der Waals surface area contributed by atoms with E-state index in [1.807, 2.05) is 26.1 Å². The summed E-state index contributed by atoms with van der Waals surface area (Å²) in [4.78, 5) is 26.8. The molecule has 0 aliphatic carbocycles. The summed E-state index contributed by atoms with van der Waals surface area (Å²) in [5.41, 5.74) is 1.63. The van der Waals surface area contributed by atoms with Gasteiger partial charge in [0.25, 0.3) is 11.8 Å². The Bertz CT molecular complexity index is 574. The second kappa shape index (κ2) is 8.29. The largest absolute Gasteiger partial charge is 0.378 e. The minimum absolute atomic E-state index is 0.0528. The fraction of sp³-hybridized carbons (Fsp3) is 0.500. The fourth-order valence-electron chi connectivity index (χ4n) is 2.40. The van der Waals surface area contributed by atoms with Crippen LogP contribution in [0.25, 0.3) is 0 Å². The van der Waals surface area contributed by atoms with Gasteiger partial charge in [0.05, 0.1) is 20.3 Å². The number of ether oxygens (including phenoxy) is 1. The van der Waals surface area contributed by atoms with Crippen molar-refractivity contribution >= 4 is 29.1 Å². The molecule has 0 bridgehead atoms. The Balaban J connectivity index is 1.79. The van der Waals surface area contributed by atoms with E-state index in [1.165, 1.54) is 0 Å². The number of aryl methyl sites for hydroxylation is 1. The van der Waals surface area contributed by atoms with Gasteiger partial charge in [0, 0.05) is 23.8 Å². The number of carbonyl (C=O) groups is 2. The first-order valence-corrected chi connectivity index (χ1v) is 8.06. The van der Waals surface area contributed by atoms with Crippen molar-refractivity contribution in [1.29, 1.82) is 0 Å². The molecule has 0 spiro atoms. The van der Waals surface area contributed by atoms with Crippen LogP contribution in [0.4, 0.5) is 5.69 Å². The van der Waals surface area contributed by atoms with Crippen molar-refractivity contribution in [3.05, 3.63) is 28.8 Å². The Morgan fingerprint density at radius 3 is 2.65 bits per heavy atom. The van der Waals surface area contributed by atoms with E-state index in [9.17, 15) is 9.59 Å². The zero-order chi connectivity index (χ0) is 16.8. The standard InChI is InChI=1S/C16H22ClN3O3/c1-12-3-4-13(9-14(12)17)18-15(21)10-19(2)11-16(22)20-5-7-23-8-6-20/h3-4,9H,5-8,10-11H2,1-2H3,(H,18,21)/p+1. The summed E-state index contributed by atoms with van der Waals surface area (Å²) in [5, 5.41) is 3.42. The summed E-state index contributed by atoms with van der Waals surface area (Å²) in [6, 6.07) is 5.40. The van der Waals surface area contributed by atoms with Crippen molar-refractivity contribution in [3.63, 3.8) is 0 Å². The Labute approximate surface area is 141 Å². The third-order valence-corrected chi connectivity index (χ3v) is 4.14. The van der Waals surface area contributed by atoms with Crippen molar-refractivity contribution in [1.82, 2.24) is 4.90 Å². The summed E-state index contributed by atoms with van der Waals surface area (Å²) in [5.74, 6) is -0.0887. The molecule has 7 heteroatoms. The first-order chi connectivity index (χ1) is 11.0. The molecule has 1 aromatic rings. The third kappa shape index (κ3) is 5.49. The lowest BCUT2D eigenvalue weighted by Crippen LogP contribution is -3.11. The van der Waals surface area contributed by atoms with Gasteiger partial charge in [-0.25, -0.2) is 0 Å². The number of hydrogen-bond acceptors (Lipinski definition) is 3. The first-order valence-electron chi connectivity index (χ1n) is 7.68. The molecule has 1 aliphatic heterocycles. The zero-order valence-corrected chi connectivity index (χ0v) is 14.3. The van der Waals surface area contributed by atoms with E-state index in [2.05, 4.69) is 5.32 Å². The van der Waals surface area contributed by atoms with Crippen molar-refractivity contribution in [2.24, 2.45) is 0 Å². The molecular weight excluding hydrogens is 318 g/mol. The number of hydrogen-bond donors (Lipinski definition) is 2. The van der Waals surface area contributed by atoms with Gasteiger partial charge >= 0.3 is 0 Å². The highest BCUT2D eigenvalue weighted by Crippen LogP contribution is 2.19. The minimum atomic E-state index is -0.141. The number of quaternary nitrogens is 1. The highest BCUT2D eigenvalue weighted by atomic mass is 35.5. The molecule has 1 heterocycles. The van der Waals surface area contributed by atoms with Crippen LogP contribution in [-0.4, -0.2) is 63.2 Å². The van der Waals surface area contributed by atoms with Crippen LogP contribution in [0.1, 0.15) is 5.56 Å². The third-order valence-electron chi connectivity index (χ3n) is 3.73. The number of anilines is 1. The van der Waals surface area contributed by atoms with E-state index in [-0.39, 0.29) is 18.4 Å². The average molecular weight is 341 g/mol. The quantitative estimate of drug-likeness (QED) is 0.790. The topological polar surface area (TPSA) is 63.1 Å². The SMILES string of the molecule is Cc1ccc(NC(=O)C[NH+](C)CC(=O)N2CCOCC2)cc1Cl. The number of likely N-dealkylation sites (N-methyl/N-ethyl adjacent to an activating group) is 1. The van der Waals surface area contributed by atoms with Gasteiger partial charge in [0.1, 0.15) is 0 Å². The number of halogens is 1. The number of morpholine rings is 1. The highest BCUT2D eigenvalue weighted by molar-refractivity contribution is 6.31. The molecule has 1 saturated heterocycles. The van der Waals surface area contributed by atoms with Crippen molar-refractivity contribution < 1.29 is 19.2 Å². The maximum absolute atomic E-state index is 12.1. The number of amides is 2. The smallest absolute Gasteiger partial charge is 0.279 e. The molecule has 126 valence electrons. The summed E-state index contributed by atoms with van der Waals surface area (Å²) in [6.07, 6.45) is 0. The molecule has 6 nitrogen and oxygen atoms in total. The molecular formula is C16H23ClN3O3+. The van der Waals surface area contributed by atoms with Crippen LogP contribution in [0.5, 0.6) is 0 Å². The number of nitrogens with zero attached hydrogens (tertiary/aromatic N) is 1. The molecule has 1 unspecified atom stereocenters. The molecule has 1 atom stereocenters. The Morgan fingerprint density at radius 1 is 1.30 bits per heavy atom. The molecule has 0 aromatic heterocycles. The Morgan fingerprint density at radius 2 is 2.00 bits per heavy atom. The molecule has 1 aromatic carbocycles. The van der Waals surface area contributed by atoms with Gasteiger partial charge < -0.3 is 19.9 Å². The molecule has 1 aliphatic rings. The maximum Gasteiger partial charge on any atom is 0.279 e. The Kier molecular flexibility index (Phi) is 6.38. The lowest BCUT2D eigenvalue weighted by molar-refractivity contribution is -0.862. The molecule has 0 radical (unpaired) electrons. The second-order valence-electron chi connectivity index (χ2n) is 5.82.